The number of nitrogens with zero attached hydrogens (tertiary/aromatic N) is 2. The number of hydrogen-bond acceptors (Lipinski definition) is 5. The Kier molecular flexibility index (Phi) is 2.53. The van der Waals surface area contributed by atoms with Crippen molar-refractivity contribution >= 4 is 5.84 Å². The van der Waals surface area contributed by atoms with Gasteiger partial charge in [0.25, 0.3) is 0 Å². The van der Waals surface area contributed by atoms with E-state index in [2.05, 4.69) is 4.99 Å². The molecule has 0 radical (unpaired) electrons. The Morgan fingerprint density at radius 2 is 1.87 bits per heavy atom. The predicted molar refractivity (Wildman–Crippen MR) is 85.0 cm³/mol. The molecule has 116 valence electrons. The molecule has 0 amide bonds. The summed E-state index contributed by atoms with van der Waals surface area (Å²) in [7, 11) is 0. The molecule has 0 saturated heterocycles. The summed E-state index contributed by atoms with van der Waals surface area (Å²) in [5.74, 6) is 2.28. The van der Waals surface area contributed by atoms with Crippen molar-refractivity contribution in [3.05, 3.63) is 59.2 Å². The quantitative estimate of drug-likeness (QED) is 0.872. The van der Waals surface area contributed by atoms with Gasteiger partial charge in [-0.1, -0.05) is 24.3 Å². The van der Waals surface area contributed by atoms with E-state index in [4.69, 9.17) is 9.47 Å². The zero-order valence-corrected chi connectivity index (χ0v) is 12.5. The lowest BCUT2D eigenvalue weighted by Gasteiger charge is -2.34. The Hall–Kier alpha value is -2.53. The van der Waals surface area contributed by atoms with E-state index in [9.17, 15) is 5.11 Å². The Labute approximate surface area is 133 Å². The Morgan fingerprint density at radius 1 is 1.04 bits per heavy atom. The van der Waals surface area contributed by atoms with E-state index in [0.717, 1.165) is 28.3 Å². The molecule has 0 saturated carbocycles. The van der Waals surface area contributed by atoms with Crippen molar-refractivity contribution in [1.29, 1.82) is 0 Å². The van der Waals surface area contributed by atoms with E-state index in [1.54, 1.807) is 0 Å². The molecule has 0 bridgehead atoms. The average Bonchev–Trinajstić information content (AvgIpc) is 3.18. The van der Waals surface area contributed by atoms with Gasteiger partial charge in [-0.15, -0.1) is 0 Å². The topological polar surface area (TPSA) is 54.3 Å². The van der Waals surface area contributed by atoms with E-state index in [-0.39, 0.29) is 0 Å². The highest BCUT2D eigenvalue weighted by Gasteiger charge is 2.49. The fourth-order valence-corrected chi connectivity index (χ4v) is 3.69. The van der Waals surface area contributed by atoms with Crippen molar-refractivity contribution in [1.82, 2.24) is 4.90 Å². The van der Waals surface area contributed by atoms with E-state index in [1.165, 1.54) is 0 Å². The Morgan fingerprint density at radius 3 is 2.78 bits per heavy atom. The fraction of sp³-hybridized carbons (Fsp3) is 0.278. The fourth-order valence-electron chi connectivity index (χ4n) is 3.69. The monoisotopic (exact) mass is 308 g/mol. The van der Waals surface area contributed by atoms with Gasteiger partial charge in [0.05, 0.1) is 6.54 Å². The second-order valence-electron chi connectivity index (χ2n) is 5.93. The van der Waals surface area contributed by atoms with Crippen LogP contribution in [0.15, 0.2) is 47.5 Å². The summed E-state index contributed by atoms with van der Waals surface area (Å²) in [6, 6.07) is 13.6. The zero-order chi connectivity index (χ0) is 15.4. The summed E-state index contributed by atoms with van der Waals surface area (Å²) in [4.78, 5) is 6.55. The highest BCUT2D eigenvalue weighted by atomic mass is 16.6. The average molecular weight is 308 g/mol. The number of rotatable bonds is 1. The molecule has 1 N–H and O–H groups in total. The van der Waals surface area contributed by atoms with Crippen LogP contribution in [0.5, 0.6) is 11.5 Å². The van der Waals surface area contributed by atoms with Crippen LogP contribution in [0.2, 0.25) is 0 Å². The van der Waals surface area contributed by atoms with Crippen LogP contribution < -0.4 is 9.47 Å². The van der Waals surface area contributed by atoms with Gasteiger partial charge in [-0.2, -0.15) is 0 Å². The molecule has 0 aliphatic carbocycles. The second-order valence-corrected chi connectivity index (χ2v) is 5.93. The van der Waals surface area contributed by atoms with E-state index < -0.39 is 5.72 Å². The van der Waals surface area contributed by atoms with Crippen molar-refractivity contribution in [2.75, 3.05) is 26.3 Å². The van der Waals surface area contributed by atoms with Crippen molar-refractivity contribution in [3.8, 4) is 11.5 Å². The summed E-state index contributed by atoms with van der Waals surface area (Å²) in [5.41, 5.74) is 1.45. The van der Waals surface area contributed by atoms with Crippen molar-refractivity contribution in [2.45, 2.75) is 5.72 Å². The number of aliphatic imine (C=N–C) groups is 1. The minimum absolute atomic E-state index is 0.530. The molecule has 0 fully saturated rings. The minimum atomic E-state index is -1.21. The number of ether oxygens (including phenoxy) is 2. The van der Waals surface area contributed by atoms with E-state index in [0.29, 0.717) is 32.1 Å². The lowest BCUT2D eigenvalue weighted by Crippen LogP contribution is -2.43. The Balaban J connectivity index is 1.71. The van der Waals surface area contributed by atoms with Crippen LogP contribution in [0.4, 0.5) is 0 Å². The first-order valence-corrected chi connectivity index (χ1v) is 7.83. The first-order valence-electron chi connectivity index (χ1n) is 7.83. The SMILES string of the molecule is O[C@]1(c2ccc3c(c2)OCCO3)c2ccccc2C2=NCCN21. The molecule has 0 aromatic heterocycles. The van der Waals surface area contributed by atoms with Gasteiger partial charge < -0.3 is 19.5 Å². The van der Waals surface area contributed by atoms with Crippen LogP contribution in [0.1, 0.15) is 16.7 Å². The molecule has 23 heavy (non-hydrogen) atoms. The molecule has 3 aliphatic rings. The third-order valence-corrected chi connectivity index (χ3v) is 4.72. The first kappa shape index (κ1) is 13.0. The maximum Gasteiger partial charge on any atom is 0.193 e. The summed E-state index contributed by atoms with van der Waals surface area (Å²) < 4.78 is 11.3. The van der Waals surface area contributed by atoms with Gasteiger partial charge in [0.2, 0.25) is 0 Å². The maximum atomic E-state index is 11.6. The molecule has 5 rings (SSSR count). The molecular weight excluding hydrogens is 292 g/mol. The van der Waals surface area contributed by atoms with Crippen LogP contribution >= 0.6 is 0 Å². The molecule has 3 heterocycles. The van der Waals surface area contributed by atoms with E-state index in [1.807, 2.05) is 47.4 Å². The van der Waals surface area contributed by atoms with Crippen molar-refractivity contribution < 1.29 is 14.6 Å². The molecule has 2 aromatic rings. The molecule has 2 aromatic carbocycles. The summed E-state index contributed by atoms with van der Waals surface area (Å²) in [5, 5.41) is 11.6. The number of benzene rings is 2. The number of aliphatic hydroxyl groups is 1. The zero-order valence-electron chi connectivity index (χ0n) is 12.5. The predicted octanol–water partition coefficient (Wildman–Crippen LogP) is 1.73. The van der Waals surface area contributed by atoms with E-state index >= 15 is 0 Å². The van der Waals surface area contributed by atoms with Crippen LogP contribution in [0.3, 0.4) is 0 Å². The smallest absolute Gasteiger partial charge is 0.193 e. The standard InChI is InChI=1S/C18H16N2O3/c21-18(12-5-6-15-16(11-12)23-10-9-22-15)14-4-2-1-3-13(14)17-19-7-8-20(17)18/h1-6,11,21H,7-10H2/t18-/m1/s1. The third kappa shape index (κ3) is 1.63. The molecular formula is C18H16N2O3. The summed E-state index contributed by atoms with van der Waals surface area (Å²) in [6.07, 6.45) is 0. The largest absolute Gasteiger partial charge is 0.486 e. The second kappa shape index (κ2) is 4.49. The summed E-state index contributed by atoms with van der Waals surface area (Å²) >= 11 is 0. The number of hydrogen-bond donors (Lipinski definition) is 1. The molecule has 0 unspecified atom stereocenters. The maximum absolute atomic E-state index is 11.6. The van der Waals surface area contributed by atoms with Crippen LogP contribution in [0, 0.1) is 0 Å². The molecule has 5 heteroatoms. The first-order chi connectivity index (χ1) is 11.3. The highest BCUT2D eigenvalue weighted by molar-refractivity contribution is 6.05. The van der Waals surface area contributed by atoms with Crippen LogP contribution in [-0.4, -0.2) is 42.1 Å². The lowest BCUT2D eigenvalue weighted by atomic mass is 9.93. The number of amidine groups is 1. The van der Waals surface area contributed by atoms with Crippen molar-refractivity contribution in [2.24, 2.45) is 4.99 Å². The normalized spacial score (nSPS) is 24.2. The lowest BCUT2D eigenvalue weighted by molar-refractivity contribution is -0.0245. The van der Waals surface area contributed by atoms with Gasteiger partial charge in [0.15, 0.2) is 17.2 Å². The highest BCUT2D eigenvalue weighted by Crippen LogP contribution is 2.45. The van der Waals surface area contributed by atoms with Crippen molar-refractivity contribution in [3.63, 3.8) is 0 Å². The van der Waals surface area contributed by atoms with Gasteiger partial charge in [-0.05, 0) is 18.2 Å². The van der Waals surface area contributed by atoms with Crippen LogP contribution in [0.25, 0.3) is 0 Å². The summed E-state index contributed by atoms with van der Waals surface area (Å²) in [6.45, 7) is 2.50. The van der Waals surface area contributed by atoms with Gasteiger partial charge >= 0.3 is 0 Å². The van der Waals surface area contributed by atoms with Crippen LogP contribution in [-0.2, 0) is 5.72 Å². The minimum Gasteiger partial charge on any atom is -0.486 e. The molecule has 0 spiro atoms. The van der Waals surface area contributed by atoms with Gasteiger partial charge in [0.1, 0.15) is 19.0 Å². The molecule has 3 aliphatic heterocycles. The number of fused-ring (bicyclic) bond motifs is 4. The van der Waals surface area contributed by atoms with Gasteiger partial charge in [-0.3, -0.25) is 4.99 Å². The van der Waals surface area contributed by atoms with Gasteiger partial charge in [0, 0.05) is 23.2 Å². The molecule has 5 nitrogen and oxygen atoms in total. The van der Waals surface area contributed by atoms with Gasteiger partial charge in [-0.25, -0.2) is 0 Å². The third-order valence-electron chi connectivity index (χ3n) is 4.72. The molecule has 1 atom stereocenters. The Bertz CT molecular complexity index is 833.